The van der Waals surface area contributed by atoms with Gasteiger partial charge in [0.05, 0.1) is 0 Å². The minimum atomic E-state index is -3.36. The van der Waals surface area contributed by atoms with Crippen LogP contribution in [0.2, 0.25) is 0 Å². The van der Waals surface area contributed by atoms with Crippen molar-refractivity contribution in [3.63, 3.8) is 0 Å². The van der Waals surface area contributed by atoms with E-state index in [4.69, 9.17) is 5.73 Å². The van der Waals surface area contributed by atoms with E-state index >= 15 is 0 Å². The average Bonchev–Trinajstić information content (AvgIpc) is 3.05. The first-order valence-corrected chi connectivity index (χ1v) is 8.26. The van der Waals surface area contributed by atoms with Gasteiger partial charge in [-0.15, -0.1) is 17.9 Å². The summed E-state index contributed by atoms with van der Waals surface area (Å²) >= 11 is 1.32. The highest BCUT2D eigenvalue weighted by atomic mass is 32.2. The highest BCUT2D eigenvalue weighted by Crippen LogP contribution is 2.34. The summed E-state index contributed by atoms with van der Waals surface area (Å²) in [4.78, 5) is 1.02. The first kappa shape index (κ1) is 13.7. The van der Waals surface area contributed by atoms with Crippen molar-refractivity contribution in [2.24, 2.45) is 5.73 Å². The molecule has 1 aliphatic carbocycles. The second-order valence-electron chi connectivity index (χ2n) is 4.35. The molecule has 1 aliphatic rings. The van der Waals surface area contributed by atoms with Crippen LogP contribution < -0.4 is 5.73 Å². The topological polar surface area (TPSA) is 63.4 Å². The molecule has 1 aromatic heterocycles. The number of hydrogen-bond acceptors (Lipinski definition) is 4. The Balaban J connectivity index is 2.24. The predicted octanol–water partition coefficient (Wildman–Crippen LogP) is 1.59. The highest BCUT2D eigenvalue weighted by Gasteiger charge is 2.37. The molecule has 6 heteroatoms. The second kappa shape index (κ2) is 5.52. The van der Waals surface area contributed by atoms with E-state index in [2.05, 4.69) is 6.58 Å². The largest absolute Gasteiger partial charge is 0.330 e. The van der Waals surface area contributed by atoms with Gasteiger partial charge in [-0.3, -0.25) is 0 Å². The molecular weight excluding hydrogens is 268 g/mol. The standard InChI is InChI=1S/C12H18N2O2S2/c1-2-9-14(10-3-4-10)18(15,16)12-6-5-11(17-12)7-8-13/h2,5-6,10H,1,3-4,7-9,13H2. The summed E-state index contributed by atoms with van der Waals surface area (Å²) in [6, 6.07) is 3.69. The predicted molar refractivity (Wildman–Crippen MR) is 74.2 cm³/mol. The van der Waals surface area contributed by atoms with Crippen molar-refractivity contribution in [2.45, 2.75) is 29.5 Å². The normalized spacial score (nSPS) is 16.1. The van der Waals surface area contributed by atoms with E-state index in [1.807, 2.05) is 6.07 Å². The molecule has 0 aliphatic heterocycles. The fourth-order valence-corrected chi connectivity index (χ4v) is 4.98. The van der Waals surface area contributed by atoms with Crippen molar-refractivity contribution in [2.75, 3.05) is 13.1 Å². The lowest BCUT2D eigenvalue weighted by molar-refractivity contribution is 0.437. The number of nitrogens with zero attached hydrogens (tertiary/aromatic N) is 1. The summed E-state index contributed by atoms with van der Waals surface area (Å²) in [5, 5.41) is 0. The van der Waals surface area contributed by atoms with Gasteiger partial charge in [0.15, 0.2) is 0 Å². The molecule has 0 amide bonds. The number of nitrogens with two attached hydrogens (primary N) is 1. The van der Waals surface area contributed by atoms with Gasteiger partial charge in [0.2, 0.25) is 0 Å². The van der Waals surface area contributed by atoms with Crippen LogP contribution in [0.25, 0.3) is 0 Å². The summed E-state index contributed by atoms with van der Waals surface area (Å²) in [7, 11) is -3.36. The fourth-order valence-electron chi connectivity index (χ4n) is 1.82. The molecule has 0 atom stereocenters. The SMILES string of the molecule is C=CCN(C1CC1)S(=O)(=O)c1ccc(CCN)s1. The Kier molecular flexibility index (Phi) is 4.21. The van der Waals surface area contributed by atoms with E-state index in [9.17, 15) is 8.42 Å². The Hall–Kier alpha value is -0.690. The lowest BCUT2D eigenvalue weighted by atomic mass is 10.3. The second-order valence-corrected chi connectivity index (χ2v) is 7.64. The summed E-state index contributed by atoms with van der Waals surface area (Å²) in [5.41, 5.74) is 5.48. The maximum Gasteiger partial charge on any atom is 0.253 e. The summed E-state index contributed by atoms with van der Waals surface area (Å²) in [6.07, 6.45) is 4.28. The van der Waals surface area contributed by atoms with Gasteiger partial charge in [-0.2, -0.15) is 4.31 Å². The lowest BCUT2D eigenvalue weighted by Crippen LogP contribution is -2.32. The molecule has 2 rings (SSSR count). The van der Waals surface area contributed by atoms with Crippen molar-refractivity contribution in [1.29, 1.82) is 0 Å². The number of rotatable bonds is 7. The van der Waals surface area contributed by atoms with Gasteiger partial charge in [-0.05, 0) is 37.9 Å². The van der Waals surface area contributed by atoms with E-state index in [0.717, 1.165) is 24.1 Å². The zero-order valence-electron chi connectivity index (χ0n) is 10.2. The first-order chi connectivity index (χ1) is 8.59. The molecule has 0 saturated heterocycles. The number of hydrogen-bond donors (Lipinski definition) is 1. The van der Waals surface area contributed by atoms with E-state index in [-0.39, 0.29) is 6.04 Å². The number of sulfonamides is 1. The molecular formula is C12H18N2O2S2. The molecule has 2 N–H and O–H groups in total. The van der Waals surface area contributed by atoms with Gasteiger partial charge in [-0.25, -0.2) is 8.42 Å². The molecule has 1 saturated carbocycles. The van der Waals surface area contributed by atoms with Crippen molar-refractivity contribution >= 4 is 21.4 Å². The van der Waals surface area contributed by atoms with Crippen LogP contribution in [-0.2, 0) is 16.4 Å². The van der Waals surface area contributed by atoms with Crippen molar-refractivity contribution < 1.29 is 8.42 Å². The lowest BCUT2D eigenvalue weighted by Gasteiger charge is -2.18. The smallest absolute Gasteiger partial charge is 0.253 e. The van der Waals surface area contributed by atoms with Gasteiger partial charge in [0, 0.05) is 17.5 Å². The van der Waals surface area contributed by atoms with E-state index in [1.165, 1.54) is 11.3 Å². The van der Waals surface area contributed by atoms with Crippen LogP contribution >= 0.6 is 11.3 Å². The van der Waals surface area contributed by atoms with Crippen LogP contribution in [-0.4, -0.2) is 31.9 Å². The van der Waals surface area contributed by atoms with Gasteiger partial charge in [-0.1, -0.05) is 6.08 Å². The molecule has 0 bridgehead atoms. The molecule has 4 nitrogen and oxygen atoms in total. The van der Waals surface area contributed by atoms with Gasteiger partial charge < -0.3 is 5.73 Å². The van der Waals surface area contributed by atoms with Crippen LogP contribution in [0, 0.1) is 0 Å². The zero-order chi connectivity index (χ0) is 13.2. The molecule has 0 radical (unpaired) electrons. The molecule has 1 fully saturated rings. The third kappa shape index (κ3) is 2.83. The third-order valence-corrected chi connectivity index (χ3v) is 6.38. The molecule has 0 unspecified atom stereocenters. The van der Waals surface area contributed by atoms with Gasteiger partial charge in [0.1, 0.15) is 4.21 Å². The average molecular weight is 286 g/mol. The fraction of sp³-hybridized carbons (Fsp3) is 0.500. The molecule has 18 heavy (non-hydrogen) atoms. The van der Waals surface area contributed by atoms with Crippen LogP contribution in [0.4, 0.5) is 0 Å². The molecule has 1 heterocycles. The van der Waals surface area contributed by atoms with Crippen LogP contribution in [0.1, 0.15) is 17.7 Å². The van der Waals surface area contributed by atoms with Crippen LogP contribution in [0.5, 0.6) is 0 Å². The van der Waals surface area contributed by atoms with E-state index in [0.29, 0.717) is 17.3 Å². The van der Waals surface area contributed by atoms with E-state index in [1.54, 1.807) is 16.4 Å². The van der Waals surface area contributed by atoms with Crippen molar-refractivity contribution in [1.82, 2.24) is 4.31 Å². The Morgan fingerprint density at radius 2 is 2.22 bits per heavy atom. The highest BCUT2D eigenvalue weighted by molar-refractivity contribution is 7.91. The Labute approximate surface area is 112 Å². The minimum Gasteiger partial charge on any atom is -0.330 e. The Bertz CT molecular complexity index is 518. The monoisotopic (exact) mass is 286 g/mol. The Morgan fingerprint density at radius 1 is 1.50 bits per heavy atom. The molecule has 100 valence electrons. The van der Waals surface area contributed by atoms with Crippen LogP contribution in [0.3, 0.4) is 0 Å². The molecule has 0 aromatic carbocycles. The quantitative estimate of drug-likeness (QED) is 0.774. The third-order valence-electron chi connectivity index (χ3n) is 2.85. The maximum atomic E-state index is 12.5. The summed E-state index contributed by atoms with van der Waals surface area (Å²) in [5.74, 6) is 0. The summed E-state index contributed by atoms with van der Waals surface area (Å²) < 4.78 is 26.9. The maximum absolute atomic E-state index is 12.5. The van der Waals surface area contributed by atoms with Crippen molar-refractivity contribution in [3.8, 4) is 0 Å². The van der Waals surface area contributed by atoms with Crippen molar-refractivity contribution in [3.05, 3.63) is 29.7 Å². The molecule has 1 aromatic rings. The molecule has 0 spiro atoms. The zero-order valence-corrected chi connectivity index (χ0v) is 11.8. The summed E-state index contributed by atoms with van der Waals surface area (Å²) in [6.45, 7) is 4.56. The minimum absolute atomic E-state index is 0.160. The van der Waals surface area contributed by atoms with Crippen LogP contribution in [0.15, 0.2) is 29.0 Å². The van der Waals surface area contributed by atoms with Gasteiger partial charge >= 0.3 is 0 Å². The first-order valence-electron chi connectivity index (χ1n) is 6.01. The number of thiophene rings is 1. The van der Waals surface area contributed by atoms with E-state index < -0.39 is 10.0 Å². The Morgan fingerprint density at radius 3 is 2.78 bits per heavy atom. The van der Waals surface area contributed by atoms with Gasteiger partial charge in [0.25, 0.3) is 10.0 Å².